The molecule has 6 heteroatoms. The van der Waals surface area contributed by atoms with Crippen molar-refractivity contribution in [3.05, 3.63) is 0 Å². The summed E-state index contributed by atoms with van der Waals surface area (Å²) in [5.74, 6) is 3.08. The standard InChI is InChI=1S/C12H18O3.C9H16O3/c1-2-7-13-10-11-3-5-12(6-4-11)14-8-9-15-12;10-7-8-1-3-9(4-2-8)11-5-6-12-9/h1,11H,3-10H2;8,10H,1-7H2. The Morgan fingerprint density at radius 1 is 0.815 bits per heavy atom. The number of aliphatic hydroxyl groups is 1. The van der Waals surface area contributed by atoms with Gasteiger partial charge in [0.15, 0.2) is 11.6 Å². The van der Waals surface area contributed by atoms with Crippen LogP contribution in [0.1, 0.15) is 51.4 Å². The van der Waals surface area contributed by atoms with E-state index in [4.69, 9.17) is 35.2 Å². The van der Waals surface area contributed by atoms with Crippen molar-refractivity contribution in [1.29, 1.82) is 0 Å². The molecule has 0 amide bonds. The van der Waals surface area contributed by atoms with E-state index >= 15 is 0 Å². The third-order valence-corrected chi connectivity index (χ3v) is 6.16. The van der Waals surface area contributed by atoms with Gasteiger partial charge < -0.3 is 28.8 Å². The van der Waals surface area contributed by atoms with E-state index in [2.05, 4.69) is 5.92 Å². The molecule has 6 nitrogen and oxygen atoms in total. The van der Waals surface area contributed by atoms with Crippen LogP contribution in [0.3, 0.4) is 0 Å². The van der Waals surface area contributed by atoms with Crippen LogP contribution in [0.2, 0.25) is 0 Å². The van der Waals surface area contributed by atoms with E-state index in [-0.39, 0.29) is 11.6 Å². The zero-order valence-electron chi connectivity index (χ0n) is 16.3. The number of hydrogen-bond donors (Lipinski definition) is 1. The molecule has 4 fully saturated rings. The van der Waals surface area contributed by atoms with E-state index in [1.807, 2.05) is 0 Å². The normalized spacial score (nSPS) is 29.4. The molecule has 27 heavy (non-hydrogen) atoms. The maximum atomic E-state index is 8.94. The summed E-state index contributed by atoms with van der Waals surface area (Å²) in [6.07, 6.45) is 13.3. The van der Waals surface area contributed by atoms with Crippen LogP contribution in [0, 0.1) is 24.2 Å². The van der Waals surface area contributed by atoms with Gasteiger partial charge in [0.05, 0.1) is 33.0 Å². The van der Waals surface area contributed by atoms with Crippen LogP contribution in [0.4, 0.5) is 0 Å². The SMILES string of the molecule is C#CCOCC1CCC2(CC1)OCCO2.OCC1CCC2(CC1)OCCO2. The highest BCUT2D eigenvalue weighted by Crippen LogP contribution is 2.39. The summed E-state index contributed by atoms with van der Waals surface area (Å²) in [6.45, 7) is 4.50. The van der Waals surface area contributed by atoms with Gasteiger partial charge in [0.25, 0.3) is 0 Å². The lowest BCUT2D eigenvalue weighted by molar-refractivity contribution is -0.184. The number of rotatable bonds is 4. The van der Waals surface area contributed by atoms with Crippen LogP contribution in [0.15, 0.2) is 0 Å². The van der Waals surface area contributed by atoms with E-state index in [0.29, 0.717) is 25.0 Å². The van der Waals surface area contributed by atoms with Crippen molar-refractivity contribution >= 4 is 0 Å². The van der Waals surface area contributed by atoms with E-state index in [1.54, 1.807) is 0 Å². The third-order valence-electron chi connectivity index (χ3n) is 6.16. The Morgan fingerprint density at radius 3 is 1.67 bits per heavy atom. The van der Waals surface area contributed by atoms with Crippen molar-refractivity contribution in [3.8, 4) is 12.3 Å². The first-order chi connectivity index (χ1) is 13.2. The van der Waals surface area contributed by atoms with Crippen LogP contribution in [-0.2, 0) is 23.7 Å². The molecule has 2 heterocycles. The average molecular weight is 382 g/mol. The monoisotopic (exact) mass is 382 g/mol. The fourth-order valence-electron chi connectivity index (χ4n) is 4.44. The molecule has 2 aliphatic heterocycles. The Kier molecular flexibility index (Phi) is 7.95. The summed E-state index contributed by atoms with van der Waals surface area (Å²) in [4.78, 5) is 0. The number of hydrogen-bond acceptors (Lipinski definition) is 6. The van der Waals surface area contributed by atoms with Gasteiger partial charge >= 0.3 is 0 Å². The Labute approximate surface area is 162 Å². The van der Waals surface area contributed by atoms with E-state index in [0.717, 1.165) is 84.4 Å². The average Bonchev–Trinajstić information content (AvgIpc) is 3.35. The van der Waals surface area contributed by atoms with Crippen LogP contribution in [0.25, 0.3) is 0 Å². The molecular weight excluding hydrogens is 348 g/mol. The maximum absolute atomic E-state index is 8.94. The Hall–Kier alpha value is -0.680. The molecule has 2 saturated heterocycles. The predicted octanol–water partition coefficient (Wildman–Crippen LogP) is 2.48. The number of ether oxygens (including phenoxy) is 5. The molecule has 0 bridgehead atoms. The Morgan fingerprint density at radius 2 is 1.26 bits per heavy atom. The van der Waals surface area contributed by atoms with Crippen molar-refractivity contribution in [2.45, 2.75) is 62.9 Å². The van der Waals surface area contributed by atoms with Gasteiger partial charge in [-0.15, -0.1) is 6.42 Å². The first kappa shape index (κ1) is 21.0. The molecule has 2 aliphatic carbocycles. The number of aliphatic hydroxyl groups excluding tert-OH is 1. The van der Waals surface area contributed by atoms with Crippen LogP contribution < -0.4 is 0 Å². The number of terminal acetylenes is 1. The van der Waals surface area contributed by atoms with E-state index in [1.165, 1.54) is 0 Å². The van der Waals surface area contributed by atoms with Gasteiger partial charge in [-0.25, -0.2) is 0 Å². The molecule has 0 aromatic heterocycles. The molecule has 0 aromatic rings. The summed E-state index contributed by atoms with van der Waals surface area (Å²) in [7, 11) is 0. The minimum Gasteiger partial charge on any atom is -0.396 e. The van der Waals surface area contributed by atoms with Gasteiger partial charge in [-0.05, 0) is 37.5 Å². The minimum absolute atomic E-state index is 0.247. The first-order valence-electron chi connectivity index (χ1n) is 10.4. The van der Waals surface area contributed by atoms with Crippen LogP contribution >= 0.6 is 0 Å². The van der Waals surface area contributed by atoms with Crippen LogP contribution in [0.5, 0.6) is 0 Å². The highest BCUT2D eigenvalue weighted by Gasteiger charge is 2.41. The summed E-state index contributed by atoms with van der Waals surface area (Å²) in [6, 6.07) is 0. The van der Waals surface area contributed by atoms with E-state index < -0.39 is 0 Å². The first-order valence-corrected chi connectivity index (χ1v) is 10.4. The molecule has 4 rings (SSSR count). The minimum atomic E-state index is -0.258. The summed E-state index contributed by atoms with van der Waals surface area (Å²) < 4.78 is 27.8. The van der Waals surface area contributed by atoms with Crippen molar-refractivity contribution in [2.24, 2.45) is 11.8 Å². The molecule has 4 aliphatic rings. The molecule has 2 spiro atoms. The Bertz CT molecular complexity index is 456. The third kappa shape index (κ3) is 5.90. The molecule has 0 radical (unpaired) electrons. The fraction of sp³-hybridized carbons (Fsp3) is 0.905. The van der Waals surface area contributed by atoms with Crippen molar-refractivity contribution in [1.82, 2.24) is 0 Å². The second kappa shape index (κ2) is 10.2. The van der Waals surface area contributed by atoms with Crippen molar-refractivity contribution in [2.75, 3.05) is 46.2 Å². The van der Waals surface area contributed by atoms with Gasteiger partial charge in [0, 0.05) is 32.3 Å². The largest absolute Gasteiger partial charge is 0.396 e. The fourth-order valence-corrected chi connectivity index (χ4v) is 4.44. The Balaban J connectivity index is 0.000000159. The van der Waals surface area contributed by atoms with Crippen molar-refractivity contribution < 1.29 is 28.8 Å². The zero-order chi connectivity index (χ0) is 19.0. The molecule has 0 aromatic carbocycles. The molecule has 0 unspecified atom stereocenters. The summed E-state index contributed by atoms with van der Waals surface area (Å²) in [5, 5.41) is 8.94. The molecule has 154 valence electrons. The summed E-state index contributed by atoms with van der Waals surface area (Å²) in [5.41, 5.74) is 0. The topological polar surface area (TPSA) is 66.4 Å². The van der Waals surface area contributed by atoms with E-state index in [9.17, 15) is 0 Å². The molecule has 1 N–H and O–H groups in total. The smallest absolute Gasteiger partial charge is 0.168 e. The van der Waals surface area contributed by atoms with Crippen molar-refractivity contribution in [3.63, 3.8) is 0 Å². The van der Waals surface area contributed by atoms with Gasteiger partial charge in [-0.1, -0.05) is 5.92 Å². The second-order valence-corrected chi connectivity index (χ2v) is 8.00. The predicted molar refractivity (Wildman–Crippen MR) is 99.9 cm³/mol. The quantitative estimate of drug-likeness (QED) is 0.595. The van der Waals surface area contributed by atoms with Gasteiger partial charge in [0.2, 0.25) is 0 Å². The molecular formula is C21H34O6. The second-order valence-electron chi connectivity index (χ2n) is 8.00. The van der Waals surface area contributed by atoms with Gasteiger partial charge in [0.1, 0.15) is 6.61 Å². The maximum Gasteiger partial charge on any atom is 0.168 e. The zero-order valence-corrected chi connectivity index (χ0v) is 16.3. The highest BCUT2D eigenvalue weighted by atomic mass is 16.7. The lowest BCUT2D eigenvalue weighted by atomic mass is 9.85. The molecule has 0 atom stereocenters. The van der Waals surface area contributed by atoms with Crippen LogP contribution in [-0.4, -0.2) is 62.9 Å². The summed E-state index contributed by atoms with van der Waals surface area (Å²) >= 11 is 0. The lowest BCUT2D eigenvalue weighted by Gasteiger charge is -2.35. The lowest BCUT2D eigenvalue weighted by Crippen LogP contribution is -2.36. The van der Waals surface area contributed by atoms with Gasteiger partial charge in [-0.3, -0.25) is 0 Å². The van der Waals surface area contributed by atoms with Gasteiger partial charge in [-0.2, -0.15) is 0 Å². The highest BCUT2D eigenvalue weighted by molar-refractivity contribution is 4.85. The molecule has 2 saturated carbocycles.